The largest absolute Gasteiger partial charge is 0.331 e. The molecular formula is C15H16N2O3. The molecule has 0 saturated heterocycles. The van der Waals surface area contributed by atoms with Gasteiger partial charge in [-0.15, -0.1) is 6.42 Å². The zero-order valence-corrected chi connectivity index (χ0v) is 11.1. The highest BCUT2D eigenvalue weighted by molar-refractivity contribution is 5.80. The molecule has 1 saturated carbocycles. The van der Waals surface area contributed by atoms with E-state index in [1.165, 1.54) is 6.07 Å². The summed E-state index contributed by atoms with van der Waals surface area (Å²) < 4.78 is 0. The molecule has 0 aliphatic heterocycles. The first kappa shape index (κ1) is 14.1. The average molecular weight is 272 g/mol. The third kappa shape index (κ3) is 3.58. The topological polar surface area (TPSA) is 63.5 Å². The molecule has 1 aromatic rings. The number of carbonyl (C=O) groups is 1. The van der Waals surface area contributed by atoms with Gasteiger partial charge in [0.05, 0.1) is 17.9 Å². The van der Waals surface area contributed by atoms with E-state index in [0.717, 1.165) is 12.8 Å². The van der Waals surface area contributed by atoms with Gasteiger partial charge in [0, 0.05) is 18.2 Å². The predicted octanol–water partition coefficient (Wildman–Crippen LogP) is 2.01. The molecule has 1 aliphatic carbocycles. The fourth-order valence-electron chi connectivity index (χ4n) is 2.09. The van der Waals surface area contributed by atoms with Gasteiger partial charge >= 0.3 is 0 Å². The standard InChI is InChI=1S/C15H16N2O3/c1-2-9-16(11-12-7-8-12)15(18)10-13-5-3-4-6-14(13)17(19)20/h1,3-6,12H,7-11H2. The van der Waals surface area contributed by atoms with E-state index >= 15 is 0 Å². The Morgan fingerprint density at radius 2 is 2.15 bits per heavy atom. The molecule has 1 aromatic carbocycles. The van der Waals surface area contributed by atoms with Crippen molar-refractivity contribution < 1.29 is 9.72 Å². The number of rotatable bonds is 6. The Hall–Kier alpha value is -2.35. The summed E-state index contributed by atoms with van der Waals surface area (Å²) in [5, 5.41) is 10.9. The summed E-state index contributed by atoms with van der Waals surface area (Å²) in [5.74, 6) is 2.87. The van der Waals surface area contributed by atoms with Crippen LogP contribution in [0.2, 0.25) is 0 Å². The monoisotopic (exact) mass is 272 g/mol. The van der Waals surface area contributed by atoms with Gasteiger partial charge in [0.2, 0.25) is 5.91 Å². The SMILES string of the molecule is C#CCN(CC1CC1)C(=O)Cc1ccccc1[N+](=O)[O-]. The van der Waals surface area contributed by atoms with E-state index < -0.39 is 4.92 Å². The fourth-order valence-corrected chi connectivity index (χ4v) is 2.09. The van der Waals surface area contributed by atoms with Gasteiger partial charge in [-0.25, -0.2) is 0 Å². The van der Waals surface area contributed by atoms with Crippen molar-refractivity contribution in [1.29, 1.82) is 0 Å². The van der Waals surface area contributed by atoms with Crippen molar-refractivity contribution in [2.24, 2.45) is 5.92 Å². The van der Waals surface area contributed by atoms with Crippen molar-refractivity contribution >= 4 is 11.6 Å². The van der Waals surface area contributed by atoms with Gasteiger partial charge in [-0.2, -0.15) is 0 Å². The van der Waals surface area contributed by atoms with Crippen LogP contribution in [0.3, 0.4) is 0 Å². The smallest absolute Gasteiger partial charge is 0.273 e. The Labute approximate surface area is 117 Å². The summed E-state index contributed by atoms with van der Waals surface area (Å²) in [7, 11) is 0. The molecule has 0 aromatic heterocycles. The summed E-state index contributed by atoms with van der Waals surface area (Å²) in [6, 6.07) is 6.31. The first-order valence-electron chi connectivity index (χ1n) is 6.55. The van der Waals surface area contributed by atoms with Crippen LogP contribution in [-0.4, -0.2) is 28.8 Å². The summed E-state index contributed by atoms with van der Waals surface area (Å²) >= 11 is 0. The molecule has 0 radical (unpaired) electrons. The van der Waals surface area contributed by atoms with Crippen molar-refractivity contribution in [2.45, 2.75) is 19.3 Å². The van der Waals surface area contributed by atoms with Crippen molar-refractivity contribution in [2.75, 3.05) is 13.1 Å². The maximum Gasteiger partial charge on any atom is 0.273 e. The summed E-state index contributed by atoms with van der Waals surface area (Å²) in [5.41, 5.74) is 0.410. The maximum atomic E-state index is 12.2. The molecule has 0 heterocycles. The van der Waals surface area contributed by atoms with Crippen molar-refractivity contribution in [1.82, 2.24) is 4.90 Å². The lowest BCUT2D eigenvalue weighted by molar-refractivity contribution is -0.385. The summed E-state index contributed by atoms with van der Waals surface area (Å²) in [6.45, 7) is 0.916. The Balaban J connectivity index is 2.09. The molecule has 0 bridgehead atoms. The first-order valence-corrected chi connectivity index (χ1v) is 6.55. The average Bonchev–Trinajstić information content (AvgIpc) is 3.22. The van der Waals surface area contributed by atoms with Gasteiger partial charge in [0.1, 0.15) is 0 Å². The maximum absolute atomic E-state index is 12.2. The molecule has 0 N–H and O–H groups in total. The van der Waals surface area contributed by atoms with Crippen LogP contribution in [0.15, 0.2) is 24.3 Å². The number of benzene rings is 1. The first-order chi connectivity index (χ1) is 9.61. The van der Waals surface area contributed by atoms with Gasteiger partial charge < -0.3 is 4.90 Å². The van der Waals surface area contributed by atoms with Crippen LogP contribution in [0.4, 0.5) is 5.69 Å². The highest BCUT2D eigenvalue weighted by Gasteiger charge is 2.27. The second-order valence-corrected chi connectivity index (χ2v) is 4.98. The highest BCUT2D eigenvalue weighted by Crippen LogP contribution is 2.30. The molecule has 5 nitrogen and oxygen atoms in total. The van der Waals surface area contributed by atoms with Crippen molar-refractivity contribution in [3.63, 3.8) is 0 Å². The molecule has 1 aliphatic rings. The highest BCUT2D eigenvalue weighted by atomic mass is 16.6. The van der Waals surface area contributed by atoms with Crippen LogP contribution >= 0.6 is 0 Å². The Kier molecular flexibility index (Phi) is 4.36. The Morgan fingerprint density at radius 3 is 2.75 bits per heavy atom. The molecule has 0 spiro atoms. The molecule has 1 amide bonds. The number of para-hydroxylation sites is 1. The summed E-state index contributed by atoms with van der Waals surface area (Å²) in [6.07, 6.45) is 7.55. The van der Waals surface area contributed by atoms with E-state index in [4.69, 9.17) is 6.42 Å². The minimum absolute atomic E-state index is 0.0194. The number of hydrogen-bond acceptors (Lipinski definition) is 3. The normalized spacial score (nSPS) is 13.6. The minimum atomic E-state index is -0.463. The van der Waals surface area contributed by atoms with E-state index in [2.05, 4.69) is 5.92 Å². The van der Waals surface area contributed by atoms with Crippen LogP contribution in [0.25, 0.3) is 0 Å². The minimum Gasteiger partial charge on any atom is -0.331 e. The molecule has 104 valence electrons. The Bertz CT molecular complexity index is 558. The number of nitro benzene ring substituents is 1. The number of hydrogen-bond donors (Lipinski definition) is 0. The van der Waals surface area contributed by atoms with Gasteiger partial charge in [-0.05, 0) is 18.8 Å². The van der Waals surface area contributed by atoms with Crippen molar-refractivity contribution in [3.05, 3.63) is 39.9 Å². The van der Waals surface area contributed by atoms with Crippen LogP contribution in [0.1, 0.15) is 18.4 Å². The van der Waals surface area contributed by atoms with Crippen LogP contribution in [-0.2, 0) is 11.2 Å². The number of nitrogens with zero attached hydrogens (tertiary/aromatic N) is 2. The van der Waals surface area contributed by atoms with Gasteiger partial charge in [0.15, 0.2) is 0 Å². The van der Waals surface area contributed by atoms with Crippen LogP contribution in [0, 0.1) is 28.4 Å². The molecule has 0 unspecified atom stereocenters. The lowest BCUT2D eigenvalue weighted by Gasteiger charge is -2.20. The lowest BCUT2D eigenvalue weighted by Crippen LogP contribution is -2.34. The van der Waals surface area contributed by atoms with Crippen molar-refractivity contribution in [3.8, 4) is 12.3 Å². The molecule has 1 fully saturated rings. The zero-order valence-electron chi connectivity index (χ0n) is 11.1. The third-order valence-electron chi connectivity index (χ3n) is 3.34. The van der Waals surface area contributed by atoms with Gasteiger partial charge in [-0.3, -0.25) is 14.9 Å². The molecule has 2 rings (SSSR count). The Morgan fingerprint density at radius 1 is 1.45 bits per heavy atom. The molecular weight excluding hydrogens is 256 g/mol. The third-order valence-corrected chi connectivity index (χ3v) is 3.34. The zero-order chi connectivity index (χ0) is 14.5. The molecule has 20 heavy (non-hydrogen) atoms. The number of terminal acetylenes is 1. The predicted molar refractivity (Wildman–Crippen MR) is 74.9 cm³/mol. The summed E-state index contributed by atoms with van der Waals surface area (Å²) in [4.78, 5) is 24.3. The van der Waals surface area contributed by atoms with Crippen LogP contribution < -0.4 is 0 Å². The van der Waals surface area contributed by atoms with E-state index in [-0.39, 0.29) is 24.6 Å². The van der Waals surface area contributed by atoms with E-state index in [0.29, 0.717) is 18.0 Å². The van der Waals surface area contributed by atoms with E-state index in [1.54, 1.807) is 23.1 Å². The van der Waals surface area contributed by atoms with E-state index in [9.17, 15) is 14.9 Å². The number of carbonyl (C=O) groups excluding carboxylic acids is 1. The second-order valence-electron chi connectivity index (χ2n) is 4.98. The lowest BCUT2D eigenvalue weighted by atomic mass is 10.1. The number of amides is 1. The fraction of sp³-hybridized carbons (Fsp3) is 0.400. The van der Waals surface area contributed by atoms with Gasteiger partial charge in [-0.1, -0.05) is 24.1 Å². The number of nitro groups is 1. The second kappa shape index (κ2) is 6.20. The van der Waals surface area contributed by atoms with Gasteiger partial charge in [0.25, 0.3) is 5.69 Å². The van der Waals surface area contributed by atoms with E-state index in [1.807, 2.05) is 0 Å². The van der Waals surface area contributed by atoms with Crippen LogP contribution in [0.5, 0.6) is 0 Å². The quantitative estimate of drug-likeness (QED) is 0.452. The molecule has 0 atom stereocenters. The molecule has 5 heteroatoms.